The Labute approximate surface area is 152 Å². The lowest BCUT2D eigenvalue weighted by molar-refractivity contribution is -0.136. The first-order chi connectivity index (χ1) is 12.1. The summed E-state index contributed by atoms with van der Waals surface area (Å²) in [7, 11) is 0. The number of hydrazone groups is 1. The summed E-state index contributed by atoms with van der Waals surface area (Å²) in [4.78, 5) is 23.7. The van der Waals surface area contributed by atoms with Crippen LogP contribution in [-0.2, 0) is 9.59 Å². The van der Waals surface area contributed by atoms with E-state index in [1.165, 1.54) is 6.21 Å². The van der Waals surface area contributed by atoms with Crippen LogP contribution >= 0.6 is 15.9 Å². The van der Waals surface area contributed by atoms with Crippen molar-refractivity contribution in [3.8, 4) is 0 Å². The third-order valence-electron chi connectivity index (χ3n) is 3.46. The number of hydrogen-bond acceptors (Lipinski definition) is 3. The number of carbonyl (C=O) groups is 2. The Balaban J connectivity index is 1.59. The molecule has 0 aliphatic rings. The van der Waals surface area contributed by atoms with E-state index in [9.17, 15) is 9.59 Å². The van der Waals surface area contributed by atoms with Gasteiger partial charge in [0.2, 0.25) is 0 Å². The van der Waals surface area contributed by atoms with E-state index in [1.807, 2.05) is 60.7 Å². The molecule has 3 aromatic carbocycles. The van der Waals surface area contributed by atoms with E-state index >= 15 is 0 Å². The molecule has 3 rings (SSSR count). The van der Waals surface area contributed by atoms with Gasteiger partial charge in [-0.15, -0.1) is 0 Å². The van der Waals surface area contributed by atoms with Crippen molar-refractivity contribution in [3.05, 3.63) is 76.8 Å². The summed E-state index contributed by atoms with van der Waals surface area (Å²) in [5.41, 5.74) is 3.57. The van der Waals surface area contributed by atoms with Gasteiger partial charge in [-0.25, -0.2) is 5.43 Å². The van der Waals surface area contributed by atoms with Crippen LogP contribution < -0.4 is 10.7 Å². The number of anilines is 1. The Bertz CT molecular complexity index is 952. The molecule has 6 heteroatoms. The van der Waals surface area contributed by atoms with Gasteiger partial charge in [-0.05, 0) is 40.6 Å². The van der Waals surface area contributed by atoms with Gasteiger partial charge >= 0.3 is 11.8 Å². The van der Waals surface area contributed by atoms with Gasteiger partial charge in [0, 0.05) is 10.2 Å². The number of halogens is 1. The van der Waals surface area contributed by atoms with Gasteiger partial charge in [0.1, 0.15) is 0 Å². The highest BCUT2D eigenvalue weighted by atomic mass is 79.9. The summed E-state index contributed by atoms with van der Waals surface area (Å²) in [6.45, 7) is 0. The first-order valence-electron chi connectivity index (χ1n) is 7.50. The molecule has 0 unspecified atom stereocenters. The first-order valence-corrected chi connectivity index (χ1v) is 8.30. The average molecular weight is 396 g/mol. The fraction of sp³-hybridized carbons (Fsp3) is 0. The lowest BCUT2D eigenvalue weighted by Crippen LogP contribution is -2.32. The molecule has 5 nitrogen and oxygen atoms in total. The van der Waals surface area contributed by atoms with Gasteiger partial charge in [0.25, 0.3) is 0 Å². The summed E-state index contributed by atoms with van der Waals surface area (Å²) < 4.78 is 0.948. The van der Waals surface area contributed by atoms with Crippen LogP contribution in [0.4, 0.5) is 5.69 Å². The molecule has 2 N–H and O–H groups in total. The molecule has 0 bridgehead atoms. The zero-order valence-corrected chi connectivity index (χ0v) is 14.7. The molecule has 0 aliphatic carbocycles. The molecular weight excluding hydrogens is 382 g/mol. The molecule has 0 atom stereocenters. The van der Waals surface area contributed by atoms with Crippen LogP contribution in [-0.4, -0.2) is 18.0 Å². The summed E-state index contributed by atoms with van der Waals surface area (Å²) in [5, 5.41) is 8.38. The fourth-order valence-corrected chi connectivity index (χ4v) is 2.48. The third kappa shape index (κ3) is 4.51. The molecule has 0 radical (unpaired) electrons. The van der Waals surface area contributed by atoms with Crippen LogP contribution in [0.25, 0.3) is 10.8 Å². The summed E-state index contributed by atoms with van der Waals surface area (Å²) >= 11 is 3.34. The van der Waals surface area contributed by atoms with E-state index in [0.29, 0.717) is 5.69 Å². The number of rotatable bonds is 3. The van der Waals surface area contributed by atoms with Gasteiger partial charge in [0.15, 0.2) is 0 Å². The molecule has 0 heterocycles. The van der Waals surface area contributed by atoms with E-state index in [4.69, 9.17) is 0 Å². The van der Waals surface area contributed by atoms with Crippen LogP contribution in [0.2, 0.25) is 0 Å². The monoisotopic (exact) mass is 395 g/mol. The maximum absolute atomic E-state index is 11.9. The van der Waals surface area contributed by atoms with E-state index in [1.54, 1.807) is 6.07 Å². The van der Waals surface area contributed by atoms with Crippen molar-refractivity contribution in [1.29, 1.82) is 0 Å². The summed E-state index contributed by atoms with van der Waals surface area (Å²) in [6, 6.07) is 20.6. The summed E-state index contributed by atoms with van der Waals surface area (Å²) in [5.74, 6) is -1.61. The van der Waals surface area contributed by atoms with Gasteiger partial charge in [-0.2, -0.15) is 5.10 Å². The van der Waals surface area contributed by atoms with Crippen molar-refractivity contribution in [2.45, 2.75) is 0 Å². The Kier molecular flexibility index (Phi) is 5.20. The molecule has 3 aromatic rings. The highest BCUT2D eigenvalue weighted by Gasteiger charge is 2.12. The van der Waals surface area contributed by atoms with Gasteiger partial charge in [0.05, 0.1) is 6.21 Å². The minimum atomic E-state index is -0.832. The predicted molar refractivity (Wildman–Crippen MR) is 102 cm³/mol. The number of fused-ring (bicyclic) bond motifs is 1. The van der Waals surface area contributed by atoms with Crippen LogP contribution in [0.3, 0.4) is 0 Å². The topological polar surface area (TPSA) is 70.6 Å². The van der Waals surface area contributed by atoms with Crippen molar-refractivity contribution >= 4 is 50.4 Å². The Hall–Kier alpha value is -2.99. The van der Waals surface area contributed by atoms with Crippen molar-refractivity contribution in [2.24, 2.45) is 5.10 Å². The second-order valence-electron chi connectivity index (χ2n) is 5.27. The van der Waals surface area contributed by atoms with Crippen LogP contribution in [0.1, 0.15) is 5.56 Å². The molecule has 0 fully saturated rings. The van der Waals surface area contributed by atoms with Gasteiger partial charge < -0.3 is 5.32 Å². The molecule has 0 spiro atoms. The first kappa shape index (κ1) is 16.9. The van der Waals surface area contributed by atoms with Crippen molar-refractivity contribution < 1.29 is 9.59 Å². The number of carbonyl (C=O) groups excluding carboxylic acids is 2. The highest BCUT2D eigenvalue weighted by Crippen LogP contribution is 2.18. The normalized spacial score (nSPS) is 10.8. The van der Waals surface area contributed by atoms with Crippen LogP contribution in [0.15, 0.2) is 76.3 Å². The number of amides is 2. The molecule has 0 aliphatic heterocycles. The number of benzene rings is 3. The second kappa shape index (κ2) is 7.72. The molecular formula is C19H14BrN3O2. The Morgan fingerprint density at radius 1 is 0.880 bits per heavy atom. The molecule has 124 valence electrons. The quantitative estimate of drug-likeness (QED) is 0.403. The molecule has 0 saturated heterocycles. The maximum Gasteiger partial charge on any atom is 0.329 e. The summed E-state index contributed by atoms with van der Waals surface area (Å²) in [6.07, 6.45) is 1.47. The smallest absolute Gasteiger partial charge is 0.318 e. The number of nitrogens with zero attached hydrogens (tertiary/aromatic N) is 1. The highest BCUT2D eigenvalue weighted by molar-refractivity contribution is 9.10. The van der Waals surface area contributed by atoms with E-state index in [-0.39, 0.29) is 0 Å². The third-order valence-corrected chi connectivity index (χ3v) is 3.99. The lowest BCUT2D eigenvalue weighted by atomic mass is 10.1. The minimum absolute atomic E-state index is 0.552. The van der Waals surface area contributed by atoms with Crippen molar-refractivity contribution in [3.63, 3.8) is 0 Å². The van der Waals surface area contributed by atoms with E-state index in [2.05, 4.69) is 31.8 Å². The molecule has 2 amide bonds. The van der Waals surface area contributed by atoms with Crippen molar-refractivity contribution in [1.82, 2.24) is 5.43 Å². The average Bonchev–Trinajstić information content (AvgIpc) is 2.63. The van der Waals surface area contributed by atoms with Crippen LogP contribution in [0.5, 0.6) is 0 Å². The molecule has 25 heavy (non-hydrogen) atoms. The van der Waals surface area contributed by atoms with E-state index < -0.39 is 11.8 Å². The Morgan fingerprint density at radius 2 is 1.60 bits per heavy atom. The zero-order chi connectivity index (χ0) is 17.6. The van der Waals surface area contributed by atoms with E-state index in [0.717, 1.165) is 20.8 Å². The Morgan fingerprint density at radius 3 is 2.36 bits per heavy atom. The fourth-order valence-electron chi connectivity index (χ4n) is 2.22. The molecule has 0 saturated carbocycles. The standard InChI is InChI=1S/C19H14BrN3O2/c20-16-8-5-13(6-9-16)12-21-23-19(25)18(24)22-17-10-7-14-3-1-2-4-15(14)11-17/h1-12H,(H,22,24)(H,23,25)/b21-12+. The second-order valence-corrected chi connectivity index (χ2v) is 6.18. The molecule has 0 aromatic heterocycles. The maximum atomic E-state index is 11.9. The number of nitrogens with one attached hydrogen (secondary N) is 2. The number of hydrogen-bond donors (Lipinski definition) is 2. The van der Waals surface area contributed by atoms with Crippen molar-refractivity contribution in [2.75, 3.05) is 5.32 Å². The minimum Gasteiger partial charge on any atom is -0.318 e. The van der Waals surface area contributed by atoms with Gasteiger partial charge in [-0.1, -0.05) is 58.4 Å². The lowest BCUT2D eigenvalue weighted by Gasteiger charge is -2.05. The largest absolute Gasteiger partial charge is 0.329 e. The predicted octanol–water partition coefficient (Wildman–Crippen LogP) is 3.69. The zero-order valence-electron chi connectivity index (χ0n) is 13.1. The van der Waals surface area contributed by atoms with Gasteiger partial charge in [-0.3, -0.25) is 9.59 Å². The van der Waals surface area contributed by atoms with Crippen LogP contribution in [0, 0.1) is 0 Å². The SMILES string of the molecule is O=C(N/N=C/c1ccc(Br)cc1)C(=O)Nc1ccc2ccccc2c1.